The van der Waals surface area contributed by atoms with E-state index in [2.05, 4.69) is 74.6 Å². The van der Waals surface area contributed by atoms with E-state index in [4.69, 9.17) is 9.97 Å². The summed E-state index contributed by atoms with van der Waals surface area (Å²) in [7, 11) is 0. The van der Waals surface area contributed by atoms with Crippen molar-refractivity contribution in [3.8, 4) is 22.5 Å². The van der Waals surface area contributed by atoms with Gasteiger partial charge < -0.3 is 0 Å². The van der Waals surface area contributed by atoms with E-state index in [1.807, 2.05) is 36.4 Å². The molecule has 0 saturated carbocycles. The van der Waals surface area contributed by atoms with Gasteiger partial charge in [-0.2, -0.15) is 0 Å². The second-order valence-electron chi connectivity index (χ2n) is 7.33. The highest BCUT2D eigenvalue weighted by atomic mass is 14.9. The molecule has 3 aromatic rings. The lowest BCUT2D eigenvalue weighted by Gasteiger charge is -2.12. The van der Waals surface area contributed by atoms with Crippen LogP contribution in [0.15, 0.2) is 97.1 Å². The Balaban J connectivity index is 1.87. The van der Waals surface area contributed by atoms with E-state index >= 15 is 0 Å². The van der Waals surface area contributed by atoms with E-state index in [-0.39, 0.29) is 5.41 Å². The van der Waals surface area contributed by atoms with Crippen LogP contribution in [-0.2, 0) is 0 Å². The maximum absolute atomic E-state index is 4.88. The van der Waals surface area contributed by atoms with Crippen molar-refractivity contribution in [2.24, 2.45) is 5.41 Å². The lowest BCUT2D eigenvalue weighted by molar-refractivity contribution is 0.627. The Labute approximate surface area is 160 Å². The fourth-order valence-corrected chi connectivity index (χ4v) is 3.05. The van der Waals surface area contributed by atoms with Gasteiger partial charge in [0.25, 0.3) is 0 Å². The van der Waals surface area contributed by atoms with Crippen molar-refractivity contribution in [3.05, 3.63) is 103 Å². The molecular weight excluding hydrogens is 328 g/mol. The Bertz CT molecular complexity index is 969. The molecule has 1 aliphatic carbocycles. The smallest absolute Gasteiger partial charge is 0.160 e. The van der Waals surface area contributed by atoms with Gasteiger partial charge in [-0.3, -0.25) is 0 Å². The summed E-state index contributed by atoms with van der Waals surface area (Å²) in [6.07, 6.45) is 10.7. The standard InChI is InChI=1S/C25H22N2/c1-25(2)16-9-14-21(15-17-25)24-26-22(19-10-5-3-6-11-19)18-23(27-24)20-12-7-4-8-13-20/h3-18H,1-2H3. The van der Waals surface area contributed by atoms with Crippen LogP contribution in [0.2, 0.25) is 0 Å². The molecule has 0 unspecified atom stereocenters. The van der Waals surface area contributed by atoms with Crippen LogP contribution in [0.1, 0.15) is 19.7 Å². The molecule has 0 atom stereocenters. The first-order valence-electron chi connectivity index (χ1n) is 9.20. The van der Waals surface area contributed by atoms with Crippen molar-refractivity contribution in [1.29, 1.82) is 0 Å². The molecule has 0 fully saturated rings. The predicted molar refractivity (Wildman–Crippen MR) is 113 cm³/mol. The molecule has 27 heavy (non-hydrogen) atoms. The molecule has 0 spiro atoms. The Morgan fingerprint density at radius 1 is 0.704 bits per heavy atom. The molecule has 1 aliphatic rings. The van der Waals surface area contributed by atoms with Gasteiger partial charge in [0.2, 0.25) is 0 Å². The normalized spacial score (nSPS) is 15.3. The molecular formula is C25H22N2. The molecule has 0 amide bonds. The second-order valence-corrected chi connectivity index (χ2v) is 7.33. The van der Waals surface area contributed by atoms with Crippen molar-refractivity contribution >= 4 is 5.57 Å². The van der Waals surface area contributed by atoms with E-state index in [0.717, 1.165) is 33.9 Å². The van der Waals surface area contributed by atoms with Crippen molar-refractivity contribution < 1.29 is 0 Å². The quantitative estimate of drug-likeness (QED) is 0.550. The number of hydrogen-bond donors (Lipinski definition) is 0. The van der Waals surface area contributed by atoms with Crippen molar-refractivity contribution in [2.75, 3.05) is 0 Å². The van der Waals surface area contributed by atoms with Gasteiger partial charge in [0.05, 0.1) is 11.4 Å². The highest BCUT2D eigenvalue weighted by Gasteiger charge is 2.14. The molecule has 0 radical (unpaired) electrons. The molecule has 132 valence electrons. The van der Waals surface area contributed by atoms with Gasteiger partial charge in [-0.15, -0.1) is 0 Å². The Hall–Kier alpha value is -3.26. The third-order valence-corrected chi connectivity index (χ3v) is 4.62. The van der Waals surface area contributed by atoms with E-state index in [1.54, 1.807) is 0 Å². The lowest BCUT2D eigenvalue weighted by atomic mass is 9.93. The summed E-state index contributed by atoms with van der Waals surface area (Å²) in [5.41, 5.74) is 5.09. The monoisotopic (exact) mass is 350 g/mol. The maximum atomic E-state index is 4.88. The summed E-state index contributed by atoms with van der Waals surface area (Å²) in [5, 5.41) is 0. The molecule has 1 heterocycles. The van der Waals surface area contributed by atoms with Gasteiger partial charge in [-0.05, 0) is 6.07 Å². The van der Waals surface area contributed by atoms with Crippen LogP contribution in [0.4, 0.5) is 0 Å². The third-order valence-electron chi connectivity index (χ3n) is 4.62. The zero-order chi connectivity index (χ0) is 18.7. The number of allylic oxidation sites excluding steroid dienone is 6. The fourth-order valence-electron chi connectivity index (χ4n) is 3.05. The van der Waals surface area contributed by atoms with Crippen LogP contribution >= 0.6 is 0 Å². The lowest BCUT2D eigenvalue weighted by Crippen LogP contribution is -2.01. The zero-order valence-corrected chi connectivity index (χ0v) is 15.6. The summed E-state index contributed by atoms with van der Waals surface area (Å²) in [6.45, 7) is 4.38. The number of aromatic nitrogens is 2. The Morgan fingerprint density at radius 3 is 1.81 bits per heavy atom. The Kier molecular flexibility index (Phi) is 4.55. The molecule has 4 rings (SSSR count). The minimum atomic E-state index is 0.0253. The largest absolute Gasteiger partial charge is 0.228 e. The summed E-state index contributed by atoms with van der Waals surface area (Å²) in [4.78, 5) is 9.76. The average Bonchev–Trinajstić information content (AvgIpc) is 2.89. The predicted octanol–water partition coefficient (Wildman–Crippen LogP) is 6.35. The molecule has 0 saturated heterocycles. The minimum absolute atomic E-state index is 0.0253. The van der Waals surface area contributed by atoms with Crippen LogP contribution < -0.4 is 0 Å². The van der Waals surface area contributed by atoms with Crippen LogP contribution in [0.25, 0.3) is 28.1 Å². The molecule has 2 aromatic carbocycles. The summed E-state index contributed by atoms with van der Waals surface area (Å²) >= 11 is 0. The number of hydrogen-bond acceptors (Lipinski definition) is 2. The topological polar surface area (TPSA) is 25.8 Å². The molecule has 0 bridgehead atoms. The minimum Gasteiger partial charge on any atom is -0.228 e. The van der Waals surface area contributed by atoms with Crippen molar-refractivity contribution in [2.45, 2.75) is 13.8 Å². The first-order valence-corrected chi connectivity index (χ1v) is 9.20. The first kappa shape index (κ1) is 17.2. The molecule has 0 aliphatic heterocycles. The summed E-state index contributed by atoms with van der Waals surface area (Å²) < 4.78 is 0. The highest BCUT2D eigenvalue weighted by Crippen LogP contribution is 2.29. The van der Waals surface area contributed by atoms with Gasteiger partial charge in [0.15, 0.2) is 5.82 Å². The number of benzene rings is 2. The van der Waals surface area contributed by atoms with Gasteiger partial charge in [0.1, 0.15) is 0 Å². The first-order chi connectivity index (χ1) is 13.1. The van der Waals surface area contributed by atoms with Gasteiger partial charge in [0, 0.05) is 22.1 Å². The average molecular weight is 350 g/mol. The van der Waals surface area contributed by atoms with E-state index < -0.39 is 0 Å². The molecule has 2 nitrogen and oxygen atoms in total. The van der Waals surface area contributed by atoms with Gasteiger partial charge in [-0.25, -0.2) is 9.97 Å². The van der Waals surface area contributed by atoms with Crippen LogP contribution in [0.3, 0.4) is 0 Å². The van der Waals surface area contributed by atoms with Crippen molar-refractivity contribution in [3.63, 3.8) is 0 Å². The third kappa shape index (κ3) is 3.95. The fraction of sp³-hybridized carbons (Fsp3) is 0.120. The summed E-state index contributed by atoms with van der Waals surface area (Å²) in [6, 6.07) is 22.6. The molecule has 2 heteroatoms. The highest BCUT2D eigenvalue weighted by molar-refractivity contribution is 5.76. The number of nitrogens with zero attached hydrogens (tertiary/aromatic N) is 2. The van der Waals surface area contributed by atoms with E-state index in [9.17, 15) is 0 Å². The number of rotatable bonds is 3. The van der Waals surface area contributed by atoms with E-state index in [0.29, 0.717) is 0 Å². The van der Waals surface area contributed by atoms with Crippen LogP contribution in [-0.4, -0.2) is 9.97 Å². The zero-order valence-electron chi connectivity index (χ0n) is 15.6. The van der Waals surface area contributed by atoms with E-state index in [1.165, 1.54) is 0 Å². The van der Waals surface area contributed by atoms with Gasteiger partial charge in [-0.1, -0.05) is 105 Å². The van der Waals surface area contributed by atoms with Crippen LogP contribution in [0.5, 0.6) is 0 Å². The van der Waals surface area contributed by atoms with Gasteiger partial charge >= 0.3 is 0 Å². The maximum Gasteiger partial charge on any atom is 0.160 e. The summed E-state index contributed by atoms with van der Waals surface area (Å²) in [5.74, 6) is 0.744. The second kappa shape index (κ2) is 7.16. The molecule has 0 N–H and O–H groups in total. The molecule has 1 aromatic heterocycles. The Morgan fingerprint density at radius 2 is 1.26 bits per heavy atom. The van der Waals surface area contributed by atoms with Crippen LogP contribution in [0, 0.1) is 5.41 Å². The SMILES string of the molecule is CC1(C)C=CC=C(c2nc(-c3ccccc3)cc(-c3ccccc3)n2)C=C1. The van der Waals surface area contributed by atoms with Crippen molar-refractivity contribution in [1.82, 2.24) is 9.97 Å².